The summed E-state index contributed by atoms with van der Waals surface area (Å²) < 4.78 is 36.9. The number of alkyl halides is 3. The summed E-state index contributed by atoms with van der Waals surface area (Å²) in [4.78, 5) is 11.5. The molecular weight excluding hydrogens is 245 g/mol. The van der Waals surface area contributed by atoms with Crippen LogP contribution in [0.1, 0.15) is 26.3 Å². The van der Waals surface area contributed by atoms with Crippen LogP contribution in [0.3, 0.4) is 0 Å². The number of carbonyl (C=O) groups is 1. The van der Waals surface area contributed by atoms with Gasteiger partial charge in [0.15, 0.2) is 0 Å². The van der Waals surface area contributed by atoms with Crippen molar-refractivity contribution in [2.24, 2.45) is 0 Å². The normalized spacial score (nSPS) is 12.1. The topological polar surface area (TPSA) is 41.1 Å². The molecule has 3 nitrogen and oxygen atoms in total. The average molecular weight is 260 g/mol. The first-order valence-corrected chi connectivity index (χ1v) is 5.34. The monoisotopic (exact) mass is 260 g/mol. The minimum absolute atomic E-state index is 0.310. The van der Waals surface area contributed by atoms with Crippen LogP contribution in [0, 0.1) is 0 Å². The highest BCUT2D eigenvalue weighted by Gasteiger charge is 2.30. The summed E-state index contributed by atoms with van der Waals surface area (Å²) in [5, 5.41) is 5.10. The molecule has 0 heterocycles. The Morgan fingerprint density at radius 1 is 1.06 bits per heavy atom. The number of carbonyl (C=O) groups excluding carboxylic acids is 1. The standard InChI is InChI=1S/C12H15F3N2O/c1-11(2,3)17-10(18)16-9-6-4-8(5-7-9)12(13,14)15/h4-7H,1-3H3,(H2,16,17,18). The number of anilines is 1. The van der Waals surface area contributed by atoms with Gasteiger partial charge in [0.25, 0.3) is 0 Å². The Bertz CT molecular complexity index is 418. The van der Waals surface area contributed by atoms with Crippen molar-refractivity contribution in [3.05, 3.63) is 29.8 Å². The largest absolute Gasteiger partial charge is 0.416 e. The van der Waals surface area contributed by atoms with Gasteiger partial charge in [-0.2, -0.15) is 13.2 Å². The number of hydrogen-bond acceptors (Lipinski definition) is 1. The van der Waals surface area contributed by atoms with E-state index in [-0.39, 0.29) is 0 Å². The molecule has 100 valence electrons. The number of hydrogen-bond donors (Lipinski definition) is 2. The molecule has 0 spiro atoms. The van der Waals surface area contributed by atoms with Crippen molar-refractivity contribution < 1.29 is 18.0 Å². The lowest BCUT2D eigenvalue weighted by molar-refractivity contribution is -0.137. The van der Waals surface area contributed by atoms with Gasteiger partial charge in [-0.3, -0.25) is 0 Å². The van der Waals surface area contributed by atoms with Crippen LogP contribution >= 0.6 is 0 Å². The summed E-state index contributed by atoms with van der Waals surface area (Å²) >= 11 is 0. The lowest BCUT2D eigenvalue weighted by Crippen LogP contribution is -2.43. The molecule has 1 aromatic rings. The molecule has 2 N–H and O–H groups in total. The molecule has 0 saturated carbocycles. The Balaban J connectivity index is 2.67. The molecule has 0 aliphatic heterocycles. The molecule has 1 aromatic carbocycles. The van der Waals surface area contributed by atoms with E-state index in [1.165, 1.54) is 12.1 Å². The molecular formula is C12H15F3N2O. The predicted molar refractivity (Wildman–Crippen MR) is 63.4 cm³/mol. The van der Waals surface area contributed by atoms with Crippen LogP contribution in [0.4, 0.5) is 23.7 Å². The number of nitrogens with one attached hydrogen (secondary N) is 2. The van der Waals surface area contributed by atoms with E-state index in [4.69, 9.17) is 0 Å². The van der Waals surface area contributed by atoms with Gasteiger partial charge in [-0.05, 0) is 45.0 Å². The van der Waals surface area contributed by atoms with E-state index in [0.29, 0.717) is 5.69 Å². The third kappa shape index (κ3) is 4.65. The molecule has 0 radical (unpaired) electrons. The third-order valence-corrected chi connectivity index (χ3v) is 1.96. The molecule has 0 aliphatic carbocycles. The molecule has 0 atom stereocenters. The van der Waals surface area contributed by atoms with Crippen molar-refractivity contribution in [1.29, 1.82) is 0 Å². The summed E-state index contributed by atoms with van der Waals surface area (Å²) in [6.07, 6.45) is -4.37. The molecule has 0 unspecified atom stereocenters. The van der Waals surface area contributed by atoms with Gasteiger partial charge in [0.05, 0.1) is 5.56 Å². The second kappa shape index (κ2) is 4.88. The average Bonchev–Trinajstić information content (AvgIpc) is 2.13. The van der Waals surface area contributed by atoms with E-state index in [2.05, 4.69) is 10.6 Å². The number of benzene rings is 1. The van der Waals surface area contributed by atoms with Crippen molar-refractivity contribution in [3.8, 4) is 0 Å². The van der Waals surface area contributed by atoms with Crippen LogP contribution < -0.4 is 10.6 Å². The summed E-state index contributed by atoms with van der Waals surface area (Å²) in [7, 11) is 0. The molecule has 18 heavy (non-hydrogen) atoms. The van der Waals surface area contributed by atoms with Crippen molar-refractivity contribution in [2.75, 3.05) is 5.32 Å². The van der Waals surface area contributed by atoms with E-state index < -0.39 is 23.3 Å². The summed E-state index contributed by atoms with van der Waals surface area (Å²) in [6, 6.07) is 3.82. The van der Waals surface area contributed by atoms with Crippen molar-refractivity contribution in [3.63, 3.8) is 0 Å². The first-order valence-electron chi connectivity index (χ1n) is 5.34. The molecule has 0 saturated heterocycles. The van der Waals surface area contributed by atoms with Crippen LogP contribution in [-0.2, 0) is 6.18 Å². The van der Waals surface area contributed by atoms with Crippen LogP contribution in [-0.4, -0.2) is 11.6 Å². The first kappa shape index (κ1) is 14.3. The second-order valence-corrected chi connectivity index (χ2v) is 4.90. The Kier molecular flexibility index (Phi) is 3.88. The van der Waals surface area contributed by atoms with Crippen LogP contribution in [0.15, 0.2) is 24.3 Å². The maximum atomic E-state index is 12.3. The van der Waals surface area contributed by atoms with Crippen LogP contribution in [0.5, 0.6) is 0 Å². The van der Waals surface area contributed by atoms with Crippen LogP contribution in [0.25, 0.3) is 0 Å². The van der Waals surface area contributed by atoms with Crippen molar-refractivity contribution >= 4 is 11.7 Å². The maximum Gasteiger partial charge on any atom is 0.416 e. The SMILES string of the molecule is CC(C)(C)NC(=O)Nc1ccc(C(F)(F)F)cc1. The van der Waals surface area contributed by atoms with Gasteiger partial charge < -0.3 is 10.6 Å². The fourth-order valence-electron chi connectivity index (χ4n) is 1.25. The smallest absolute Gasteiger partial charge is 0.333 e. The highest BCUT2D eigenvalue weighted by molar-refractivity contribution is 5.89. The van der Waals surface area contributed by atoms with E-state index in [1.54, 1.807) is 20.8 Å². The predicted octanol–water partition coefficient (Wildman–Crippen LogP) is 3.63. The maximum absolute atomic E-state index is 12.3. The molecule has 0 aromatic heterocycles. The number of rotatable bonds is 1. The summed E-state index contributed by atoms with van der Waals surface area (Å²) in [5.74, 6) is 0. The Morgan fingerprint density at radius 3 is 1.94 bits per heavy atom. The van der Waals surface area contributed by atoms with Gasteiger partial charge in [-0.1, -0.05) is 0 Å². The lowest BCUT2D eigenvalue weighted by atomic mass is 10.1. The molecule has 1 rings (SSSR count). The molecule has 0 fully saturated rings. The van der Waals surface area contributed by atoms with Gasteiger partial charge in [-0.25, -0.2) is 4.79 Å². The molecule has 6 heteroatoms. The van der Waals surface area contributed by atoms with Crippen molar-refractivity contribution in [1.82, 2.24) is 5.32 Å². The van der Waals surface area contributed by atoms with E-state index in [9.17, 15) is 18.0 Å². The van der Waals surface area contributed by atoms with Gasteiger partial charge in [0, 0.05) is 11.2 Å². The minimum atomic E-state index is -4.37. The van der Waals surface area contributed by atoms with Crippen molar-refractivity contribution in [2.45, 2.75) is 32.5 Å². The highest BCUT2D eigenvalue weighted by Crippen LogP contribution is 2.29. The van der Waals surface area contributed by atoms with Gasteiger partial charge in [0.1, 0.15) is 0 Å². The minimum Gasteiger partial charge on any atom is -0.333 e. The zero-order valence-electron chi connectivity index (χ0n) is 10.4. The van der Waals surface area contributed by atoms with Gasteiger partial charge >= 0.3 is 12.2 Å². The van der Waals surface area contributed by atoms with E-state index in [0.717, 1.165) is 12.1 Å². The first-order chi connectivity index (χ1) is 8.08. The van der Waals surface area contributed by atoms with Gasteiger partial charge in [0.2, 0.25) is 0 Å². The van der Waals surface area contributed by atoms with Gasteiger partial charge in [-0.15, -0.1) is 0 Å². The Morgan fingerprint density at radius 2 is 1.56 bits per heavy atom. The Labute approximate surface area is 103 Å². The van der Waals surface area contributed by atoms with E-state index >= 15 is 0 Å². The molecule has 0 aliphatic rings. The van der Waals surface area contributed by atoms with Crippen LogP contribution in [0.2, 0.25) is 0 Å². The quantitative estimate of drug-likeness (QED) is 0.795. The molecule has 0 bridgehead atoms. The zero-order chi connectivity index (χ0) is 14.0. The fraction of sp³-hybridized carbons (Fsp3) is 0.417. The zero-order valence-corrected chi connectivity index (χ0v) is 10.4. The van der Waals surface area contributed by atoms with E-state index in [1.807, 2.05) is 0 Å². The number of urea groups is 1. The third-order valence-electron chi connectivity index (χ3n) is 1.96. The summed E-state index contributed by atoms with van der Waals surface area (Å²) in [5.41, 5.74) is -0.843. The fourth-order valence-corrected chi connectivity index (χ4v) is 1.25. The highest BCUT2D eigenvalue weighted by atomic mass is 19.4. The summed E-state index contributed by atoms with van der Waals surface area (Å²) in [6.45, 7) is 5.41. The second-order valence-electron chi connectivity index (χ2n) is 4.90. The number of halogens is 3. The number of amides is 2. The molecule has 2 amide bonds. The lowest BCUT2D eigenvalue weighted by Gasteiger charge is -2.20. The Hall–Kier alpha value is -1.72.